The van der Waals surface area contributed by atoms with Crippen molar-refractivity contribution in [3.05, 3.63) is 29.6 Å². The Morgan fingerprint density at radius 1 is 1.44 bits per heavy atom. The van der Waals surface area contributed by atoms with E-state index < -0.39 is 5.82 Å². The molecule has 18 heavy (non-hydrogen) atoms. The second-order valence-corrected chi connectivity index (χ2v) is 4.10. The topological polar surface area (TPSA) is 66.6 Å². The van der Waals surface area contributed by atoms with Crippen molar-refractivity contribution in [3.63, 3.8) is 0 Å². The molecule has 0 fully saturated rings. The van der Waals surface area contributed by atoms with E-state index in [1.165, 1.54) is 12.1 Å². The van der Waals surface area contributed by atoms with Crippen molar-refractivity contribution in [3.8, 4) is 5.75 Å². The van der Waals surface area contributed by atoms with Crippen LogP contribution in [0.25, 0.3) is 0 Å². The predicted molar refractivity (Wildman–Crippen MR) is 67.9 cm³/mol. The summed E-state index contributed by atoms with van der Waals surface area (Å²) in [5.41, 5.74) is 5.42. The summed E-state index contributed by atoms with van der Waals surface area (Å²) in [6, 6.07) is 3.53. The second kappa shape index (κ2) is 6.96. The molecule has 5 heteroatoms. The molecule has 0 aliphatic heterocycles. The minimum atomic E-state index is -0.710. The first kappa shape index (κ1) is 14.4. The van der Waals surface area contributed by atoms with E-state index in [-0.39, 0.29) is 17.2 Å². The Morgan fingerprint density at radius 2 is 2.17 bits per heavy atom. The van der Waals surface area contributed by atoms with E-state index in [1.54, 1.807) is 4.90 Å². The first-order valence-electron chi connectivity index (χ1n) is 6.08. The van der Waals surface area contributed by atoms with E-state index in [0.717, 1.165) is 18.9 Å². The van der Waals surface area contributed by atoms with E-state index in [9.17, 15) is 9.18 Å². The summed E-state index contributed by atoms with van der Waals surface area (Å²) < 4.78 is 13.6. The van der Waals surface area contributed by atoms with Gasteiger partial charge in [-0.2, -0.15) is 0 Å². The third kappa shape index (κ3) is 3.70. The number of carbonyl (C=O) groups is 1. The molecule has 0 aliphatic rings. The SMILES string of the molecule is CCCCN(CCN)C(=O)c1ccc(O)cc1F. The molecule has 1 amide bonds. The molecule has 0 heterocycles. The molecule has 100 valence electrons. The Bertz CT molecular complexity index is 410. The van der Waals surface area contributed by atoms with Crippen LogP contribution in [0.2, 0.25) is 0 Å². The number of carbonyl (C=O) groups excluding carboxylic acids is 1. The van der Waals surface area contributed by atoms with Gasteiger partial charge >= 0.3 is 0 Å². The number of unbranched alkanes of at least 4 members (excludes halogenated alkanes) is 1. The molecular weight excluding hydrogens is 235 g/mol. The average molecular weight is 254 g/mol. The highest BCUT2D eigenvalue weighted by molar-refractivity contribution is 5.94. The number of amides is 1. The summed E-state index contributed by atoms with van der Waals surface area (Å²) in [7, 11) is 0. The molecule has 1 rings (SSSR count). The summed E-state index contributed by atoms with van der Waals surface area (Å²) in [6.07, 6.45) is 1.80. The molecule has 0 aromatic heterocycles. The number of halogens is 1. The van der Waals surface area contributed by atoms with Gasteiger partial charge in [-0.05, 0) is 18.6 Å². The highest BCUT2D eigenvalue weighted by atomic mass is 19.1. The van der Waals surface area contributed by atoms with Gasteiger partial charge in [0.15, 0.2) is 0 Å². The van der Waals surface area contributed by atoms with E-state index >= 15 is 0 Å². The molecule has 0 bridgehead atoms. The van der Waals surface area contributed by atoms with Crippen molar-refractivity contribution in [2.45, 2.75) is 19.8 Å². The standard InChI is InChI=1S/C13H19FN2O2/c1-2-3-7-16(8-6-15)13(18)11-5-4-10(17)9-12(11)14/h4-5,9,17H,2-3,6-8,15H2,1H3. The number of nitrogens with two attached hydrogens (primary N) is 1. The van der Waals surface area contributed by atoms with Gasteiger partial charge in [0, 0.05) is 25.7 Å². The molecule has 0 radical (unpaired) electrons. The Hall–Kier alpha value is -1.62. The number of benzene rings is 1. The van der Waals surface area contributed by atoms with Gasteiger partial charge in [0.05, 0.1) is 5.56 Å². The third-order valence-electron chi connectivity index (χ3n) is 2.65. The molecule has 3 N–H and O–H groups in total. The van der Waals surface area contributed by atoms with Crippen LogP contribution in [0.4, 0.5) is 4.39 Å². The molecular formula is C13H19FN2O2. The van der Waals surface area contributed by atoms with Crippen molar-refractivity contribution >= 4 is 5.91 Å². The average Bonchev–Trinajstić information content (AvgIpc) is 2.33. The number of rotatable bonds is 6. The van der Waals surface area contributed by atoms with Gasteiger partial charge in [-0.15, -0.1) is 0 Å². The lowest BCUT2D eigenvalue weighted by Crippen LogP contribution is -2.36. The molecule has 4 nitrogen and oxygen atoms in total. The molecule has 1 aromatic carbocycles. The number of hydrogen-bond acceptors (Lipinski definition) is 3. The van der Waals surface area contributed by atoms with Crippen LogP contribution < -0.4 is 5.73 Å². The summed E-state index contributed by atoms with van der Waals surface area (Å²) in [4.78, 5) is 13.7. The quantitative estimate of drug-likeness (QED) is 0.812. The Morgan fingerprint density at radius 3 is 2.72 bits per heavy atom. The van der Waals surface area contributed by atoms with Crippen molar-refractivity contribution in [1.29, 1.82) is 0 Å². The van der Waals surface area contributed by atoms with Crippen molar-refractivity contribution in [1.82, 2.24) is 4.90 Å². The zero-order valence-corrected chi connectivity index (χ0v) is 10.5. The van der Waals surface area contributed by atoms with Crippen LogP contribution in [-0.4, -0.2) is 35.5 Å². The van der Waals surface area contributed by atoms with Crippen LogP contribution in [-0.2, 0) is 0 Å². The van der Waals surface area contributed by atoms with E-state index in [1.807, 2.05) is 6.92 Å². The summed E-state index contributed by atoms with van der Waals surface area (Å²) in [5.74, 6) is -1.28. The normalized spacial score (nSPS) is 10.4. The molecule has 0 atom stereocenters. The molecule has 0 unspecified atom stereocenters. The lowest BCUT2D eigenvalue weighted by molar-refractivity contribution is 0.0753. The number of aromatic hydroxyl groups is 1. The van der Waals surface area contributed by atoms with Crippen molar-refractivity contribution < 1.29 is 14.3 Å². The lowest BCUT2D eigenvalue weighted by atomic mass is 10.1. The fourth-order valence-electron chi connectivity index (χ4n) is 1.67. The van der Waals surface area contributed by atoms with Crippen LogP contribution in [0, 0.1) is 5.82 Å². The van der Waals surface area contributed by atoms with Crippen LogP contribution >= 0.6 is 0 Å². The summed E-state index contributed by atoms with van der Waals surface area (Å²) in [6.45, 7) is 3.33. The highest BCUT2D eigenvalue weighted by Gasteiger charge is 2.18. The number of phenolic OH excluding ortho intramolecular Hbond substituents is 1. The van der Waals surface area contributed by atoms with E-state index in [4.69, 9.17) is 10.8 Å². The molecule has 0 spiro atoms. The van der Waals surface area contributed by atoms with Crippen LogP contribution in [0.1, 0.15) is 30.1 Å². The number of phenols is 1. The largest absolute Gasteiger partial charge is 0.508 e. The Labute approximate surface area is 106 Å². The van der Waals surface area contributed by atoms with Gasteiger partial charge < -0.3 is 15.7 Å². The summed E-state index contributed by atoms with van der Waals surface area (Å²) >= 11 is 0. The maximum absolute atomic E-state index is 13.6. The molecule has 0 saturated carbocycles. The minimum absolute atomic E-state index is 0.0302. The number of nitrogens with zero attached hydrogens (tertiary/aromatic N) is 1. The first-order valence-corrected chi connectivity index (χ1v) is 6.08. The van der Waals surface area contributed by atoms with Gasteiger partial charge in [-0.3, -0.25) is 4.79 Å². The van der Waals surface area contributed by atoms with Crippen LogP contribution in [0.3, 0.4) is 0 Å². The maximum atomic E-state index is 13.6. The van der Waals surface area contributed by atoms with Gasteiger partial charge in [0.25, 0.3) is 5.91 Å². The van der Waals surface area contributed by atoms with E-state index in [2.05, 4.69) is 0 Å². The zero-order chi connectivity index (χ0) is 13.5. The van der Waals surface area contributed by atoms with Crippen LogP contribution in [0.15, 0.2) is 18.2 Å². The fourth-order valence-corrected chi connectivity index (χ4v) is 1.67. The van der Waals surface area contributed by atoms with Crippen LogP contribution in [0.5, 0.6) is 5.75 Å². The molecule has 0 aliphatic carbocycles. The number of hydrogen-bond donors (Lipinski definition) is 2. The summed E-state index contributed by atoms with van der Waals surface area (Å²) in [5, 5.41) is 9.12. The van der Waals surface area contributed by atoms with Gasteiger partial charge in [-0.25, -0.2) is 4.39 Å². The van der Waals surface area contributed by atoms with Gasteiger partial charge in [-0.1, -0.05) is 13.3 Å². The van der Waals surface area contributed by atoms with Gasteiger partial charge in [0.2, 0.25) is 0 Å². The Kier molecular flexibility index (Phi) is 5.58. The van der Waals surface area contributed by atoms with Gasteiger partial charge in [0.1, 0.15) is 11.6 Å². The predicted octanol–water partition coefficient (Wildman–Crippen LogP) is 1.73. The highest BCUT2D eigenvalue weighted by Crippen LogP contribution is 2.17. The van der Waals surface area contributed by atoms with E-state index in [0.29, 0.717) is 19.6 Å². The van der Waals surface area contributed by atoms with Crippen molar-refractivity contribution in [2.24, 2.45) is 5.73 Å². The zero-order valence-electron chi connectivity index (χ0n) is 10.5. The monoisotopic (exact) mass is 254 g/mol. The fraction of sp³-hybridized carbons (Fsp3) is 0.462. The maximum Gasteiger partial charge on any atom is 0.256 e. The lowest BCUT2D eigenvalue weighted by Gasteiger charge is -2.22. The first-order chi connectivity index (χ1) is 8.60. The Balaban J connectivity index is 2.87. The second-order valence-electron chi connectivity index (χ2n) is 4.10. The molecule has 0 saturated heterocycles. The third-order valence-corrected chi connectivity index (χ3v) is 2.65. The van der Waals surface area contributed by atoms with Crippen molar-refractivity contribution in [2.75, 3.05) is 19.6 Å². The minimum Gasteiger partial charge on any atom is -0.508 e. The molecule has 1 aromatic rings. The smallest absolute Gasteiger partial charge is 0.256 e.